The van der Waals surface area contributed by atoms with Crippen LogP contribution in [0, 0.1) is 0 Å². The predicted molar refractivity (Wildman–Crippen MR) is 133 cm³/mol. The average Bonchev–Trinajstić information content (AvgIpc) is 3.33. The molecule has 0 fully saturated rings. The van der Waals surface area contributed by atoms with Gasteiger partial charge in [0.2, 0.25) is 0 Å². The number of allylic oxidation sites excluding steroid dienone is 2. The molecule has 35 heavy (non-hydrogen) atoms. The van der Waals surface area contributed by atoms with Crippen LogP contribution in [-0.4, -0.2) is 17.6 Å². The lowest BCUT2D eigenvalue weighted by atomic mass is 9.86. The van der Waals surface area contributed by atoms with E-state index in [4.69, 9.17) is 14.1 Å². The quantitative estimate of drug-likeness (QED) is 0.334. The number of rotatable bonds is 8. The number of benzene rings is 3. The third-order valence-electron chi connectivity index (χ3n) is 6.24. The molecule has 0 aliphatic heterocycles. The van der Waals surface area contributed by atoms with Crippen LogP contribution >= 0.6 is 0 Å². The number of ether oxygens (including phenoxy) is 1. The van der Waals surface area contributed by atoms with Gasteiger partial charge in [-0.2, -0.15) is 0 Å². The van der Waals surface area contributed by atoms with Gasteiger partial charge in [-0.25, -0.2) is 4.98 Å². The predicted octanol–water partition coefficient (Wildman–Crippen LogP) is 5.71. The normalized spacial score (nSPS) is 13.6. The largest absolute Gasteiger partial charge is 0.546 e. The average molecular weight is 465 g/mol. The molecule has 1 aliphatic carbocycles. The summed E-state index contributed by atoms with van der Waals surface area (Å²) in [7, 11) is 0. The van der Waals surface area contributed by atoms with Gasteiger partial charge in [0.1, 0.15) is 18.1 Å². The van der Waals surface area contributed by atoms with E-state index in [-0.39, 0.29) is 0 Å². The van der Waals surface area contributed by atoms with Crippen molar-refractivity contribution in [1.82, 2.24) is 4.98 Å². The van der Waals surface area contributed by atoms with E-state index in [1.54, 1.807) is 6.07 Å². The lowest BCUT2D eigenvalue weighted by Crippen LogP contribution is -2.28. The van der Waals surface area contributed by atoms with Gasteiger partial charge >= 0.3 is 0 Å². The highest BCUT2D eigenvalue weighted by molar-refractivity contribution is 5.77. The fraction of sp³-hybridized carbons (Fsp3) is 0.200. The standard InChI is InChI=1S/C30H27NO4/c32-28(33)20-34-25-16-9-15-23(18-25)26-17-8-7-14-24(26)19-27-31-29(21-10-3-1-4-11-21)30(35-27)22-12-5-2-6-13-22/h1-6,9-13,15-16,18H,7-8,14,17,19-20H2,(H,32,33)/p-1. The zero-order chi connectivity index (χ0) is 24.0. The molecule has 0 amide bonds. The van der Waals surface area contributed by atoms with Crippen molar-refractivity contribution in [2.24, 2.45) is 0 Å². The molecule has 1 heterocycles. The lowest BCUT2D eigenvalue weighted by Gasteiger charge is -2.20. The first-order valence-corrected chi connectivity index (χ1v) is 11.9. The number of carboxylic acids is 1. The molecule has 1 aromatic heterocycles. The first kappa shape index (κ1) is 22.7. The smallest absolute Gasteiger partial charge is 0.199 e. The molecule has 0 unspecified atom stereocenters. The molecule has 0 spiro atoms. The first-order chi connectivity index (χ1) is 17.2. The van der Waals surface area contributed by atoms with Gasteiger partial charge in [-0.1, -0.05) is 78.4 Å². The maximum atomic E-state index is 10.8. The summed E-state index contributed by atoms with van der Waals surface area (Å²) in [6.07, 6.45) is 4.79. The molecule has 0 saturated heterocycles. The van der Waals surface area contributed by atoms with Crippen LogP contribution in [0.2, 0.25) is 0 Å². The molecule has 5 heteroatoms. The maximum Gasteiger partial charge on any atom is 0.199 e. The van der Waals surface area contributed by atoms with Crippen molar-refractivity contribution in [2.75, 3.05) is 6.61 Å². The van der Waals surface area contributed by atoms with E-state index in [0.717, 1.165) is 53.8 Å². The van der Waals surface area contributed by atoms with E-state index in [1.165, 1.54) is 11.1 Å². The number of hydrogen-bond acceptors (Lipinski definition) is 5. The SMILES string of the molecule is O=C([O-])COc1cccc(C2=C(Cc3nc(-c4ccccc4)c(-c4ccccc4)o3)CCCC2)c1. The van der Waals surface area contributed by atoms with E-state index >= 15 is 0 Å². The van der Waals surface area contributed by atoms with E-state index in [9.17, 15) is 9.90 Å². The number of hydrogen-bond donors (Lipinski definition) is 0. The van der Waals surface area contributed by atoms with Gasteiger partial charge in [0.25, 0.3) is 0 Å². The van der Waals surface area contributed by atoms with Crippen LogP contribution in [0.15, 0.2) is 94.9 Å². The molecule has 5 nitrogen and oxygen atoms in total. The van der Waals surface area contributed by atoms with E-state index in [1.807, 2.05) is 66.7 Å². The number of aliphatic carboxylic acids is 1. The van der Waals surface area contributed by atoms with E-state index in [0.29, 0.717) is 18.1 Å². The molecule has 4 aromatic rings. The Balaban J connectivity index is 1.50. The van der Waals surface area contributed by atoms with Crippen LogP contribution < -0.4 is 9.84 Å². The van der Waals surface area contributed by atoms with E-state index < -0.39 is 12.6 Å². The molecule has 5 rings (SSSR count). The second kappa shape index (κ2) is 10.4. The molecule has 0 atom stereocenters. The summed E-state index contributed by atoms with van der Waals surface area (Å²) in [5.74, 6) is 0.766. The topological polar surface area (TPSA) is 75.4 Å². The van der Waals surface area contributed by atoms with Gasteiger partial charge in [-0.15, -0.1) is 0 Å². The van der Waals surface area contributed by atoms with Crippen LogP contribution in [0.5, 0.6) is 5.75 Å². The first-order valence-electron chi connectivity index (χ1n) is 11.9. The molecule has 0 N–H and O–H groups in total. The van der Waals surface area contributed by atoms with Gasteiger partial charge in [0.15, 0.2) is 11.7 Å². The number of carbonyl (C=O) groups excluding carboxylic acids is 1. The summed E-state index contributed by atoms with van der Waals surface area (Å²) in [6.45, 7) is -0.462. The van der Waals surface area contributed by atoms with Gasteiger partial charge in [-0.3, -0.25) is 0 Å². The Bertz CT molecular complexity index is 1280. The fourth-order valence-corrected chi connectivity index (χ4v) is 4.63. The summed E-state index contributed by atoms with van der Waals surface area (Å²) in [6, 6.07) is 27.8. The number of aromatic nitrogens is 1. The molecule has 0 bridgehead atoms. The maximum absolute atomic E-state index is 10.8. The highest BCUT2D eigenvalue weighted by atomic mass is 16.5. The Morgan fingerprint density at radius 3 is 2.29 bits per heavy atom. The number of carbonyl (C=O) groups is 1. The number of carboxylic acid groups (broad SMARTS) is 1. The highest BCUT2D eigenvalue weighted by Crippen LogP contribution is 2.38. The van der Waals surface area contributed by atoms with Crippen molar-refractivity contribution in [3.8, 4) is 28.3 Å². The van der Waals surface area contributed by atoms with Crippen molar-refractivity contribution in [2.45, 2.75) is 32.1 Å². The second-order valence-corrected chi connectivity index (χ2v) is 8.67. The van der Waals surface area contributed by atoms with Crippen LogP contribution in [0.1, 0.15) is 37.1 Å². The minimum Gasteiger partial charge on any atom is -0.546 e. The Hall–Kier alpha value is -4.12. The minimum atomic E-state index is -1.24. The molecule has 176 valence electrons. The third kappa shape index (κ3) is 5.35. The molecular weight excluding hydrogens is 438 g/mol. The monoisotopic (exact) mass is 464 g/mol. The molecular formula is C30H26NO4-. The van der Waals surface area contributed by atoms with Crippen molar-refractivity contribution >= 4 is 11.5 Å². The number of oxazole rings is 1. The summed E-state index contributed by atoms with van der Waals surface area (Å²) in [4.78, 5) is 15.7. The molecule has 0 saturated carbocycles. The van der Waals surface area contributed by atoms with Crippen LogP contribution in [-0.2, 0) is 11.2 Å². The van der Waals surface area contributed by atoms with Crippen molar-refractivity contribution < 1.29 is 19.1 Å². The summed E-state index contributed by atoms with van der Waals surface area (Å²) in [5, 5.41) is 10.8. The zero-order valence-electron chi connectivity index (χ0n) is 19.4. The Labute approximate surface area is 204 Å². The third-order valence-corrected chi connectivity index (χ3v) is 6.24. The highest BCUT2D eigenvalue weighted by Gasteiger charge is 2.21. The fourth-order valence-electron chi connectivity index (χ4n) is 4.63. The molecule has 3 aromatic carbocycles. The summed E-state index contributed by atoms with van der Waals surface area (Å²) < 4.78 is 11.7. The second-order valence-electron chi connectivity index (χ2n) is 8.67. The Kier molecular flexibility index (Phi) is 6.75. The van der Waals surface area contributed by atoms with Crippen molar-refractivity contribution in [3.63, 3.8) is 0 Å². The molecule has 0 radical (unpaired) electrons. The number of nitrogens with zero attached hydrogens (tertiary/aromatic N) is 1. The Morgan fingerprint density at radius 2 is 1.54 bits per heavy atom. The van der Waals surface area contributed by atoms with Gasteiger partial charge < -0.3 is 19.1 Å². The van der Waals surface area contributed by atoms with Crippen molar-refractivity contribution in [3.05, 3.63) is 102 Å². The van der Waals surface area contributed by atoms with Crippen LogP contribution in [0.25, 0.3) is 28.2 Å². The van der Waals surface area contributed by atoms with Gasteiger partial charge in [-0.05, 0) is 49.0 Å². The van der Waals surface area contributed by atoms with Crippen molar-refractivity contribution in [1.29, 1.82) is 0 Å². The zero-order valence-corrected chi connectivity index (χ0v) is 19.4. The van der Waals surface area contributed by atoms with Gasteiger partial charge in [0, 0.05) is 17.5 Å². The van der Waals surface area contributed by atoms with Crippen LogP contribution in [0.4, 0.5) is 0 Å². The summed E-state index contributed by atoms with van der Waals surface area (Å²) >= 11 is 0. The minimum absolute atomic E-state index is 0.462. The lowest BCUT2D eigenvalue weighted by molar-refractivity contribution is -0.307. The summed E-state index contributed by atoms with van der Waals surface area (Å²) in [5.41, 5.74) is 6.48. The molecule has 1 aliphatic rings. The van der Waals surface area contributed by atoms with Crippen LogP contribution in [0.3, 0.4) is 0 Å². The van der Waals surface area contributed by atoms with Gasteiger partial charge in [0.05, 0.1) is 5.97 Å². The Morgan fingerprint density at radius 1 is 0.857 bits per heavy atom. The van der Waals surface area contributed by atoms with E-state index in [2.05, 4.69) is 12.1 Å².